The molecule has 0 aromatic heterocycles. The van der Waals surface area contributed by atoms with Crippen molar-refractivity contribution < 1.29 is 24.2 Å². The SMILES string of the molecule is O=C(O)C(=Cc1ccc2c(c1)OCO2)NC(=O)c1ccccc1I. The molecule has 0 spiro atoms. The molecule has 1 amide bonds. The fraction of sp³-hybridized carbons (Fsp3) is 0.0588. The van der Waals surface area contributed by atoms with E-state index < -0.39 is 11.9 Å². The first-order chi connectivity index (χ1) is 11.5. The lowest BCUT2D eigenvalue weighted by Crippen LogP contribution is -2.27. The third-order valence-electron chi connectivity index (χ3n) is 3.30. The molecule has 0 atom stereocenters. The molecule has 1 aliphatic rings. The highest BCUT2D eigenvalue weighted by atomic mass is 127. The minimum atomic E-state index is -1.23. The molecule has 6 nitrogen and oxygen atoms in total. The van der Waals surface area contributed by atoms with Crippen molar-refractivity contribution in [2.24, 2.45) is 0 Å². The maximum Gasteiger partial charge on any atom is 0.352 e. The van der Waals surface area contributed by atoms with E-state index in [1.807, 2.05) is 22.6 Å². The number of carbonyl (C=O) groups is 2. The van der Waals surface area contributed by atoms with Gasteiger partial charge in [0.2, 0.25) is 6.79 Å². The van der Waals surface area contributed by atoms with Crippen molar-refractivity contribution >= 4 is 40.5 Å². The smallest absolute Gasteiger partial charge is 0.352 e. The topological polar surface area (TPSA) is 84.9 Å². The first-order valence-electron chi connectivity index (χ1n) is 6.95. The Morgan fingerprint density at radius 1 is 1.12 bits per heavy atom. The molecular formula is C17H12INO5. The molecule has 1 aliphatic heterocycles. The number of halogens is 1. The Kier molecular flexibility index (Phi) is 4.70. The van der Waals surface area contributed by atoms with Crippen molar-refractivity contribution in [3.8, 4) is 11.5 Å². The van der Waals surface area contributed by atoms with Gasteiger partial charge in [0.15, 0.2) is 11.5 Å². The number of fused-ring (bicyclic) bond motifs is 1. The molecule has 2 N–H and O–H groups in total. The van der Waals surface area contributed by atoms with Gasteiger partial charge in [0, 0.05) is 3.57 Å². The summed E-state index contributed by atoms with van der Waals surface area (Å²) in [6.45, 7) is 0.136. The van der Waals surface area contributed by atoms with Crippen molar-refractivity contribution in [3.05, 3.63) is 62.9 Å². The average Bonchev–Trinajstić information content (AvgIpc) is 3.02. The molecule has 0 aliphatic carbocycles. The van der Waals surface area contributed by atoms with Crippen molar-refractivity contribution in [1.29, 1.82) is 0 Å². The fourth-order valence-electron chi connectivity index (χ4n) is 2.16. The highest BCUT2D eigenvalue weighted by Crippen LogP contribution is 2.33. The van der Waals surface area contributed by atoms with Gasteiger partial charge in [0.25, 0.3) is 5.91 Å². The minimum Gasteiger partial charge on any atom is -0.477 e. The van der Waals surface area contributed by atoms with Crippen molar-refractivity contribution in [2.45, 2.75) is 0 Å². The van der Waals surface area contributed by atoms with Crippen LogP contribution in [-0.2, 0) is 4.79 Å². The normalized spacial score (nSPS) is 12.8. The van der Waals surface area contributed by atoms with Crippen LogP contribution >= 0.6 is 22.6 Å². The molecular weight excluding hydrogens is 425 g/mol. The predicted molar refractivity (Wildman–Crippen MR) is 94.8 cm³/mol. The van der Waals surface area contributed by atoms with Gasteiger partial charge in [-0.05, 0) is 58.5 Å². The van der Waals surface area contributed by atoms with Gasteiger partial charge in [-0.1, -0.05) is 18.2 Å². The molecule has 3 rings (SSSR count). The number of carboxylic acid groups (broad SMARTS) is 1. The van der Waals surface area contributed by atoms with Crippen LogP contribution in [0.25, 0.3) is 6.08 Å². The molecule has 0 radical (unpaired) electrons. The van der Waals surface area contributed by atoms with Crippen molar-refractivity contribution in [3.63, 3.8) is 0 Å². The molecule has 7 heteroatoms. The number of amides is 1. The largest absolute Gasteiger partial charge is 0.477 e. The van der Waals surface area contributed by atoms with Crippen LogP contribution in [0.3, 0.4) is 0 Å². The quantitative estimate of drug-likeness (QED) is 0.568. The number of benzene rings is 2. The zero-order chi connectivity index (χ0) is 17.1. The number of aliphatic carboxylic acids is 1. The lowest BCUT2D eigenvalue weighted by molar-refractivity contribution is -0.132. The maximum atomic E-state index is 12.3. The van der Waals surface area contributed by atoms with Crippen LogP contribution in [0, 0.1) is 3.57 Å². The Bertz CT molecular complexity index is 847. The highest BCUT2D eigenvalue weighted by molar-refractivity contribution is 14.1. The minimum absolute atomic E-state index is 0.136. The molecule has 24 heavy (non-hydrogen) atoms. The van der Waals surface area contributed by atoms with Gasteiger partial charge in [0.1, 0.15) is 5.70 Å². The Hall–Kier alpha value is -2.55. The predicted octanol–water partition coefficient (Wildman–Crippen LogP) is 2.88. The first-order valence-corrected chi connectivity index (χ1v) is 8.03. The summed E-state index contributed by atoms with van der Waals surface area (Å²) >= 11 is 2.03. The third-order valence-corrected chi connectivity index (χ3v) is 4.25. The van der Waals surface area contributed by atoms with Crippen LogP contribution in [0.15, 0.2) is 48.2 Å². The van der Waals surface area contributed by atoms with Gasteiger partial charge in [-0.3, -0.25) is 4.79 Å². The van der Waals surface area contributed by atoms with Crippen molar-refractivity contribution in [1.82, 2.24) is 5.32 Å². The number of hydrogen-bond donors (Lipinski definition) is 2. The fourth-order valence-corrected chi connectivity index (χ4v) is 2.79. The number of carbonyl (C=O) groups excluding carboxylic acids is 1. The van der Waals surface area contributed by atoms with E-state index in [0.717, 1.165) is 3.57 Å². The van der Waals surface area contributed by atoms with Crippen molar-refractivity contribution in [2.75, 3.05) is 6.79 Å². The molecule has 2 aromatic carbocycles. The molecule has 0 saturated heterocycles. The molecule has 0 saturated carbocycles. The third kappa shape index (κ3) is 3.51. The maximum absolute atomic E-state index is 12.3. The lowest BCUT2D eigenvalue weighted by atomic mass is 10.1. The van der Waals surface area contributed by atoms with E-state index in [1.54, 1.807) is 42.5 Å². The van der Waals surface area contributed by atoms with Crippen LogP contribution in [0.2, 0.25) is 0 Å². The van der Waals surface area contributed by atoms with E-state index in [4.69, 9.17) is 9.47 Å². The Morgan fingerprint density at radius 3 is 2.62 bits per heavy atom. The molecule has 0 fully saturated rings. The summed E-state index contributed by atoms with van der Waals surface area (Å²) in [5, 5.41) is 11.8. The highest BCUT2D eigenvalue weighted by Gasteiger charge is 2.17. The number of rotatable bonds is 4. The van der Waals surface area contributed by atoms with Crippen LogP contribution in [0.5, 0.6) is 11.5 Å². The van der Waals surface area contributed by atoms with Crippen LogP contribution in [0.4, 0.5) is 0 Å². The second-order valence-electron chi connectivity index (χ2n) is 4.91. The van der Waals surface area contributed by atoms with Gasteiger partial charge in [0.05, 0.1) is 5.56 Å². The molecule has 0 unspecified atom stereocenters. The summed E-state index contributed by atoms with van der Waals surface area (Å²) in [7, 11) is 0. The van der Waals surface area contributed by atoms with E-state index in [-0.39, 0.29) is 12.5 Å². The zero-order valence-corrected chi connectivity index (χ0v) is 14.4. The second kappa shape index (κ2) is 6.91. The summed E-state index contributed by atoms with van der Waals surface area (Å²) in [5.74, 6) is -0.564. The Morgan fingerprint density at radius 2 is 1.88 bits per heavy atom. The van der Waals surface area contributed by atoms with Gasteiger partial charge < -0.3 is 19.9 Å². The second-order valence-corrected chi connectivity index (χ2v) is 6.07. The summed E-state index contributed by atoms with van der Waals surface area (Å²) in [5.41, 5.74) is 0.772. The van der Waals surface area contributed by atoms with Crippen LogP contribution < -0.4 is 14.8 Å². The van der Waals surface area contributed by atoms with Gasteiger partial charge >= 0.3 is 5.97 Å². The van der Waals surface area contributed by atoms with Crippen LogP contribution in [0.1, 0.15) is 15.9 Å². The van der Waals surface area contributed by atoms with E-state index in [0.29, 0.717) is 22.6 Å². The Labute approximate surface area is 151 Å². The van der Waals surface area contributed by atoms with Gasteiger partial charge in [-0.15, -0.1) is 0 Å². The van der Waals surface area contributed by atoms with E-state index >= 15 is 0 Å². The molecule has 0 bridgehead atoms. The monoisotopic (exact) mass is 437 g/mol. The summed E-state index contributed by atoms with van der Waals surface area (Å²) in [6.07, 6.45) is 1.37. The van der Waals surface area contributed by atoms with E-state index in [9.17, 15) is 14.7 Å². The van der Waals surface area contributed by atoms with E-state index in [2.05, 4.69) is 5.32 Å². The average molecular weight is 437 g/mol. The number of hydrogen-bond acceptors (Lipinski definition) is 4. The number of ether oxygens (including phenoxy) is 2. The summed E-state index contributed by atoms with van der Waals surface area (Å²) in [6, 6.07) is 12.0. The number of nitrogens with one attached hydrogen (secondary N) is 1. The van der Waals surface area contributed by atoms with Gasteiger partial charge in [-0.2, -0.15) is 0 Å². The lowest BCUT2D eigenvalue weighted by Gasteiger charge is -2.08. The molecule has 122 valence electrons. The molecule has 2 aromatic rings. The Balaban J connectivity index is 1.86. The number of carboxylic acids is 1. The first kappa shape index (κ1) is 16.3. The van der Waals surface area contributed by atoms with E-state index in [1.165, 1.54) is 6.08 Å². The molecule has 1 heterocycles. The van der Waals surface area contributed by atoms with Crippen LogP contribution in [-0.4, -0.2) is 23.8 Å². The summed E-state index contributed by atoms with van der Waals surface area (Å²) < 4.78 is 11.2. The van der Waals surface area contributed by atoms with Gasteiger partial charge in [-0.25, -0.2) is 4.79 Å². The zero-order valence-electron chi connectivity index (χ0n) is 12.3. The standard InChI is InChI=1S/C17H12INO5/c18-12-4-2-1-3-11(12)16(20)19-13(17(21)22)7-10-5-6-14-15(8-10)24-9-23-14/h1-8H,9H2,(H,19,20)(H,21,22). The summed E-state index contributed by atoms with van der Waals surface area (Å²) in [4.78, 5) is 23.7.